The van der Waals surface area contributed by atoms with Crippen LogP contribution in [0, 0.1) is 11.3 Å². The lowest BCUT2D eigenvalue weighted by Gasteiger charge is -2.60. The summed E-state index contributed by atoms with van der Waals surface area (Å²) in [5, 5.41) is 21.2. The zero-order valence-electron chi connectivity index (χ0n) is 21.6. The van der Waals surface area contributed by atoms with Crippen LogP contribution in [-0.2, 0) is 19.1 Å². The zero-order chi connectivity index (χ0) is 28.1. The van der Waals surface area contributed by atoms with Crippen LogP contribution in [-0.4, -0.2) is 70.5 Å². The molecule has 2 fully saturated rings. The number of rotatable bonds is 2. The van der Waals surface area contributed by atoms with Gasteiger partial charge in [0.15, 0.2) is 11.4 Å². The van der Waals surface area contributed by atoms with Gasteiger partial charge in [0.25, 0.3) is 5.78 Å². The predicted octanol–water partition coefficient (Wildman–Crippen LogP) is 4.23. The Hall–Kier alpha value is -1.54. The molecule has 1 aliphatic heterocycles. The second-order valence-corrected chi connectivity index (χ2v) is 13.8. The highest BCUT2D eigenvalue weighted by Crippen LogP contribution is 2.60. The van der Waals surface area contributed by atoms with E-state index in [9.17, 15) is 30.1 Å². The molecule has 0 amide bonds. The number of allylic oxidation sites excluding steroid dienone is 2. The van der Waals surface area contributed by atoms with E-state index in [-0.39, 0.29) is 23.8 Å². The van der Waals surface area contributed by atoms with Gasteiger partial charge in [0, 0.05) is 11.0 Å². The van der Waals surface area contributed by atoms with Gasteiger partial charge in [-0.1, -0.05) is 13.8 Å². The fraction of sp³-hybridized carbons (Fsp3) is 0.692. The molecule has 1 saturated heterocycles. The van der Waals surface area contributed by atoms with Gasteiger partial charge in [-0.15, -0.1) is 34.8 Å². The van der Waals surface area contributed by atoms with Crippen LogP contribution < -0.4 is 0 Å². The van der Waals surface area contributed by atoms with Crippen molar-refractivity contribution in [3.05, 3.63) is 28.0 Å². The smallest absolute Gasteiger partial charge is 0.374 e. The summed E-state index contributed by atoms with van der Waals surface area (Å²) in [5.41, 5.74) is 2.41. The van der Waals surface area contributed by atoms with Crippen molar-refractivity contribution in [3.8, 4) is 0 Å². The molecule has 4 rings (SSSR count). The van der Waals surface area contributed by atoms with Crippen molar-refractivity contribution in [1.82, 2.24) is 0 Å². The van der Waals surface area contributed by atoms with E-state index in [0.29, 0.717) is 12.8 Å². The monoisotopic (exact) mass is 572 g/mol. The van der Waals surface area contributed by atoms with Crippen molar-refractivity contribution >= 4 is 57.9 Å². The Morgan fingerprint density at radius 1 is 1.05 bits per heavy atom. The Balaban J connectivity index is 2.05. The summed E-state index contributed by atoms with van der Waals surface area (Å²) in [6, 6.07) is 0. The second-order valence-electron chi connectivity index (χ2n) is 12.1. The minimum Gasteiger partial charge on any atom is -0.507 e. The first kappa shape index (κ1) is 28.5. The summed E-state index contributed by atoms with van der Waals surface area (Å²) in [6.07, 6.45) is 0.437. The van der Waals surface area contributed by atoms with E-state index in [4.69, 9.17) is 39.5 Å². The lowest BCUT2D eigenvalue weighted by atomic mass is 9.53. The maximum absolute atomic E-state index is 14.6. The predicted molar refractivity (Wildman–Crippen MR) is 138 cm³/mol. The van der Waals surface area contributed by atoms with Gasteiger partial charge in [-0.2, -0.15) is 4.79 Å². The van der Waals surface area contributed by atoms with Crippen molar-refractivity contribution in [1.29, 1.82) is 0 Å². The minimum atomic E-state index is -2.12. The number of Topliss-reactive ketones (excluding diaryl/α,β-unsaturated/α-hetero) is 3. The van der Waals surface area contributed by atoms with Crippen LogP contribution in [0.1, 0.15) is 67.2 Å². The third kappa shape index (κ3) is 3.67. The highest BCUT2D eigenvalue weighted by molar-refractivity contribution is 6.60. The SMILES string of the molecule is CC1=C(O)C2=C(C(=O)[C@]3(C[C@H]4C(C)(C)[C@@H](Cl)CC[C@]4(C)O)OC(C)(C)[C@H](Cl)C[C@]3(Cl)C2=O)C(=[N+]=[N-])C1=O. The number of nitrogens with zero attached hydrogens (tertiary/aromatic N) is 2. The molecule has 8 nitrogen and oxygen atoms in total. The summed E-state index contributed by atoms with van der Waals surface area (Å²) in [4.78, 5) is 42.5. The lowest BCUT2D eigenvalue weighted by molar-refractivity contribution is -0.214. The van der Waals surface area contributed by atoms with Crippen LogP contribution in [0.5, 0.6) is 0 Å². The molecule has 6 atom stereocenters. The summed E-state index contributed by atoms with van der Waals surface area (Å²) >= 11 is 20.5. The number of alkyl halides is 3. The lowest BCUT2D eigenvalue weighted by Crippen LogP contribution is -2.75. The summed E-state index contributed by atoms with van der Waals surface area (Å²) in [7, 11) is 0. The molecule has 1 heterocycles. The van der Waals surface area contributed by atoms with E-state index in [1.165, 1.54) is 6.92 Å². The Morgan fingerprint density at radius 3 is 2.22 bits per heavy atom. The van der Waals surface area contributed by atoms with Crippen molar-refractivity contribution in [2.24, 2.45) is 11.3 Å². The number of halogens is 3. The van der Waals surface area contributed by atoms with Gasteiger partial charge in [-0.05, 0) is 64.7 Å². The van der Waals surface area contributed by atoms with Crippen molar-refractivity contribution < 1.29 is 34.1 Å². The summed E-state index contributed by atoms with van der Waals surface area (Å²) in [6.45, 7) is 9.96. The number of aliphatic hydroxyl groups is 2. The number of fused-ring (bicyclic) bond motifs is 1. The molecule has 0 spiro atoms. The molecule has 3 aliphatic carbocycles. The van der Waals surface area contributed by atoms with Gasteiger partial charge < -0.3 is 20.5 Å². The van der Waals surface area contributed by atoms with E-state index >= 15 is 0 Å². The van der Waals surface area contributed by atoms with Gasteiger partial charge in [-0.3, -0.25) is 14.4 Å². The van der Waals surface area contributed by atoms with E-state index in [1.54, 1.807) is 20.8 Å². The number of ether oxygens (including phenoxy) is 1. The molecule has 0 unspecified atom stereocenters. The first-order valence-corrected chi connectivity index (χ1v) is 13.5. The highest BCUT2D eigenvalue weighted by atomic mass is 35.5. The normalized spacial score (nSPS) is 41.4. The number of hydrogen-bond acceptors (Lipinski definition) is 6. The number of aliphatic hydroxyl groups excluding tert-OH is 1. The molecule has 37 heavy (non-hydrogen) atoms. The molecule has 2 N–H and O–H groups in total. The molecule has 0 aromatic rings. The number of carbonyl (C=O) groups excluding carboxylic acids is 3. The maximum Gasteiger partial charge on any atom is 0.374 e. The third-order valence-corrected chi connectivity index (χ3v) is 11.2. The second kappa shape index (κ2) is 8.48. The van der Waals surface area contributed by atoms with Gasteiger partial charge in [-0.25, -0.2) is 0 Å². The van der Waals surface area contributed by atoms with E-state index in [2.05, 4.69) is 4.79 Å². The van der Waals surface area contributed by atoms with Crippen molar-refractivity contribution in [3.63, 3.8) is 0 Å². The Labute approximate surface area is 230 Å². The molecular weight excluding hydrogens is 543 g/mol. The quantitative estimate of drug-likeness (QED) is 0.219. The van der Waals surface area contributed by atoms with Crippen molar-refractivity contribution in [2.45, 2.75) is 99.7 Å². The first-order chi connectivity index (χ1) is 16.8. The molecular formula is C26H31Cl3N2O6. The molecule has 0 aromatic heterocycles. The number of carbonyl (C=O) groups is 3. The van der Waals surface area contributed by atoms with Crippen LogP contribution >= 0.6 is 34.8 Å². The minimum absolute atomic E-state index is 0.198. The van der Waals surface area contributed by atoms with Gasteiger partial charge in [0.1, 0.15) is 16.2 Å². The molecule has 0 aromatic carbocycles. The average Bonchev–Trinajstić information content (AvgIpc) is 2.79. The van der Waals surface area contributed by atoms with Gasteiger partial charge in [0.05, 0.1) is 22.2 Å². The van der Waals surface area contributed by atoms with E-state index < -0.39 is 78.4 Å². The van der Waals surface area contributed by atoms with Crippen LogP contribution in [0.15, 0.2) is 22.5 Å². The molecule has 202 valence electrons. The van der Waals surface area contributed by atoms with Gasteiger partial charge in [0.2, 0.25) is 5.78 Å². The highest BCUT2D eigenvalue weighted by Gasteiger charge is 2.74. The van der Waals surface area contributed by atoms with Gasteiger partial charge >= 0.3 is 5.71 Å². The zero-order valence-corrected chi connectivity index (χ0v) is 23.9. The van der Waals surface area contributed by atoms with Crippen LogP contribution in [0.3, 0.4) is 0 Å². The van der Waals surface area contributed by atoms with E-state index in [1.807, 2.05) is 13.8 Å². The summed E-state index contributed by atoms with van der Waals surface area (Å²) in [5.74, 6) is -4.06. The number of hydrogen-bond donors (Lipinski definition) is 2. The molecule has 1 saturated carbocycles. The van der Waals surface area contributed by atoms with Crippen LogP contribution in [0.2, 0.25) is 0 Å². The average molecular weight is 574 g/mol. The third-order valence-electron chi connectivity index (χ3n) is 9.06. The molecule has 0 radical (unpaired) electrons. The summed E-state index contributed by atoms with van der Waals surface area (Å²) < 4.78 is 6.46. The van der Waals surface area contributed by atoms with Crippen LogP contribution in [0.25, 0.3) is 5.53 Å². The van der Waals surface area contributed by atoms with Crippen LogP contribution in [0.4, 0.5) is 0 Å². The first-order valence-electron chi connectivity index (χ1n) is 12.2. The standard InChI is InChI=1S/C26H31Cl3N2O6/c1-11-18(32)16-15(17(31-30)19(11)33)21(35)26(9-12-22(2,3)13(27)7-8-24(12,6)36)25(29,20(16)34)10-14(28)23(4,5)37-26/h12-14,32,36H,7-10H2,1-6H3/t12-,13-,14+,24-,25-,26-/m0/s1. The maximum atomic E-state index is 14.6. The van der Waals surface area contributed by atoms with E-state index in [0.717, 1.165) is 0 Å². The fourth-order valence-electron chi connectivity index (χ4n) is 6.57. The topological polar surface area (TPSA) is 137 Å². The fourth-order valence-corrected chi connectivity index (χ4v) is 7.63. The molecule has 11 heteroatoms. The Bertz CT molecular complexity index is 1240. The largest absolute Gasteiger partial charge is 0.507 e. The molecule has 4 aliphatic rings. The molecule has 0 bridgehead atoms. The number of ketones is 3. The van der Waals surface area contributed by atoms with Crippen molar-refractivity contribution in [2.75, 3.05) is 0 Å². The Morgan fingerprint density at radius 2 is 1.65 bits per heavy atom. The Kier molecular flexibility index (Phi) is 6.52.